The van der Waals surface area contributed by atoms with Crippen molar-refractivity contribution in [3.63, 3.8) is 0 Å². The maximum absolute atomic E-state index is 5.94. The number of aliphatic imine (C=N–C) groups is 1. The van der Waals surface area contributed by atoms with Gasteiger partial charge in [0.05, 0.1) is 29.2 Å². The standard InChI is InChI=1S/C23H25Cl2N3OS.ClH/c1-16-23(27-17(2)30-16)19-5-7-20(8-6-19)26-15-18-4-9-21(22(14-18)29-3)28(12-10-24)13-11-25;/h4-9,14-15H,10-13H2,1-3H3;1H. The summed E-state index contributed by atoms with van der Waals surface area (Å²) in [6, 6.07) is 14.2. The molecule has 0 N–H and O–H groups in total. The summed E-state index contributed by atoms with van der Waals surface area (Å²) in [7, 11) is 1.67. The van der Waals surface area contributed by atoms with Crippen LogP contribution < -0.4 is 9.64 Å². The Morgan fingerprint density at radius 1 is 1.06 bits per heavy atom. The van der Waals surface area contributed by atoms with Crippen molar-refractivity contribution in [3.05, 3.63) is 57.9 Å². The lowest BCUT2D eigenvalue weighted by molar-refractivity contribution is 0.414. The Morgan fingerprint density at radius 2 is 1.74 bits per heavy atom. The van der Waals surface area contributed by atoms with Gasteiger partial charge in [-0.3, -0.25) is 4.99 Å². The third-order valence-electron chi connectivity index (χ3n) is 4.66. The van der Waals surface area contributed by atoms with Gasteiger partial charge in [-0.15, -0.1) is 46.9 Å². The zero-order chi connectivity index (χ0) is 21.5. The molecule has 0 aliphatic carbocycles. The molecule has 166 valence electrons. The highest BCUT2D eigenvalue weighted by Crippen LogP contribution is 2.30. The number of aryl methyl sites for hydroxylation is 2. The van der Waals surface area contributed by atoms with Crippen LogP contribution in [0.15, 0.2) is 47.5 Å². The van der Waals surface area contributed by atoms with Crippen LogP contribution in [0.2, 0.25) is 0 Å². The van der Waals surface area contributed by atoms with Crippen molar-refractivity contribution < 1.29 is 4.74 Å². The number of aromatic nitrogens is 1. The van der Waals surface area contributed by atoms with Crippen molar-refractivity contribution in [2.75, 3.05) is 36.9 Å². The number of halogens is 3. The van der Waals surface area contributed by atoms with E-state index in [1.807, 2.05) is 43.5 Å². The number of hydrogen-bond donors (Lipinski definition) is 0. The van der Waals surface area contributed by atoms with Crippen LogP contribution >= 0.6 is 46.9 Å². The first-order chi connectivity index (χ1) is 14.5. The van der Waals surface area contributed by atoms with Crippen LogP contribution in [0.3, 0.4) is 0 Å². The van der Waals surface area contributed by atoms with Crippen LogP contribution in [0.4, 0.5) is 11.4 Å². The van der Waals surface area contributed by atoms with Gasteiger partial charge < -0.3 is 9.64 Å². The van der Waals surface area contributed by atoms with Crippen molar-refractivity contribution >= 4 is 64.5 Å². The Bertz CT molecular complexity index is 1000. The molecule has 0 fully saturated rings. The molecular weight excluding hydrogens is 473 g/mol. The van der Waals surface area contributed by atoms with Crippen molar-refractivity contribution in [2.24, 2.45) is 4.99 Å². The molecule has 0 saturated carbocycles. The molecule has 1 heterocycles. The van der Waals surface area contributed by atoms with Gasteiger partial charge in [0.25, 0.3) is 0 Å². The fourth-order valence-corrected chi connectivity index (χ4v) is 4.49. The summed E-state index contributed by atoms with van der Waals surface area (Å²) >= 11 is 13.6. The van der Waals surface area contributed by atoms with Gasteiger partial charge in [-0.1, -0.05) is 18.2 Å². The number of anilines is 1. The van der Waals surface area contributed by atoms with Gasteiger partial charge in [0.1, 0.15) is 5.75 Å². The Kier molecular flexibility index (Phi) is 10.1. The lowest BCUT2D eigenvalue weighted by Crippen LogP contribution is -2.28. The number of thiazole rings is 1. The molecule has 3 aromatic rings. The third kappa shape index (κ3) is 6.59. The number of hydrogen-bond acceptors (Lipinski definition) is 5. The molecule has 0 amide bonds. The molecule has 1 aromatic heterocycles. The second-order valence-electron chi connectivity index (χ2n) is 6.74. The summed E-state index contributed by atoms with van der Waals surface area (Å²) in [5.41, 5.74) is 4.99. The van der Waals surface area contributed by atoms with E-state index in [0.29, 0.717) is 24.8 Å². The van der Waals surface area contributed by atoms with E-state index in [-0.39, 0.29) is 12.4 Å². The molecule has 2 aromatic carbocycles. The van der Waals surface area contributed by atoms with Crippen molar-refractivity contribution in [1.29, 1.82) is 0 Å². The van der Waals surface area contributed by atoms with Crippen molar-refractivity contribution in [3.8, 4) is 17.0 Å². The Labute approximate surface area is 204 Å². The van der Waals surface area contributed by atoms with Crippen LogP contribution in [0.1, 0.15) is 15.4 Å². The number of benzene rings is 2. The maximum atomic E-state index is 5.94. The van der Waals surface area contributed by atoms with E-state index in [0.717, 1.165) is 39.0 Å². The first-order valence-corrected chi connectivity index (χ1v) is 11.6. The molecule has 0 aliphatic heterocycles. The normalized spacial score (nSPS) is 10.9. The average molecular weight is 499 g/mol. The van der Waals surface area contributed by atoms with Crippen LogP contribution in [0.25, 0.3) is 11.3 Å². The van der Waals surface area contributed by atoms with E-state index in [1.54, 1.807) is 18.4 Å². The van der Waals surface area contributed by atoms with Gasteiger partial charge in [0, 0.05) is 41.5 Å². The molecule has 0 atom stereocenters. The predicted molar refractivity (Wildman–Crippen MR) is 138 cm³/mol. The summed E-state index contributed by atoms with van der Waals surface area (Å²) in [6.45, 7) is 5.55. The zero-order valence-electron chi connectivity index (χ0n) is 17.8. The topological polar surface area (TPSA) is 37.7 Å². The monoisotopic (exact) mass is 497 g/mol. The average Bonchev–Trinajstić information content (AvgIpc) is 3.10. The highest BCUT2D eigenvalue weighted by atomic mass is 35.5. The maximum Gasteiger partial charge on any atom is 0.142 e. The van der Waals surface area contributed by atoms with E-state index in [9.17, 15) is 0 Å². The smallest absolute Gasteiger partial charge is 0.142 e. The van der Waals surface area contributed by atoms with Crippen molar-refractivity contribution in [1.82, 2.24) is 4.98 Å². The summed E-state index contributed by atoms with van der Waals surface area (Å²) < 4.78 is 5.59. The Balaban J connectivity index is 0.00000341. The number of methoxy groups -OCH3 is 1. The van der Waals surface area contributed by atoms with Gasteiger partial charge in [-0.2, -0.15) is 0 Å². The molecule has 31 heavy (non-hydrogen) atoms. The van der Waals surface area contributed by atoms with E-state index >= 15 is 0 Å². The van der Waals surface area contributed by atoms with Crippen LogP contribution in [0, 0.1) is 13.8 Å². The first kappa shape index (κ1) is 25.5. The fourth-order valence-electron chi connectivity index (χ4n) is 3.24. The molecule has 0 unspecified atom stereocenters. The van der Waals surface area contributed by atoms with Gasteiger partial charge in [-0.25, -0.2) is 4.98 Å². The number of rotatable bonds is 9. The third-order valence-corrected chi connectivity index (χ3v) is 5.88. The summed E-state index contributed by atoms with van der Waals surface area (Å²) in [4.78, 5) is 12.6. The van der Waals surface area contributed by atoms with Crippen LogP contribution in [-0.4, -0.2) is 43.2 Å². The van der Waals surface area contributed by atoms with Gasteiger partial charge >= 0.3 is 0 Å². The molecule has 0 spiro atoms. The molecular formula is C23H26Cl3N3OS. The summed E-state index contributed by atoms with van der Waals surface area (Å²) in [5.74, 6) is 1.83. The second-order valence-corrected chi connectivity index (χ2v) is 8.90. The lowest BCUT2D eigenvalue weighted by Gasteiger charge is -2.25. The van der Waals surface area contributed by atoms with E-state index in [1.165, 1.54) is 4.88 Å². The minimum Gasteiger partial charge on any atom is -0.495 e. The minimum atomic E-state index is 0. The van der Waals surface area contributed by atoms with Gasteiger partial charge in [0.2, 0.25) is 0 Å². The van der Waals surface area contributed by atoms with Crippen LogP contribution in [-0.2, 0) is 0 Å². The lowest BCUT2D eigenvalue weighted by atomic mass is 10.1. The molecule has 0 bridgehead atoms. The summed E-state index contributed by atoms with van der Waals surface area (Å²) in [5, 5.41) is 1.08. The van der Waals surface area contributed by atoms with E-state index in [2.05, 4.69) is 33.9 Å². The van der Waals surface area contributed by atoms with Crippen molar-refractivity contribution in [2.45, 2.75) is 13.8 Å². The number of nitrogens with zero attached hydrogens (tertiary/aromatic N) is 3. The SMILES string of the molecule is COc1cc(C=Nc2ccc(-c3nc(C)sc3C)cc2)ccc1N(CCCl)CCCl.Cl. The molecule has 3 rings (SSSR count). The van der Waals surface area contributed by atoms with Gasteiger partial charge in [-0.05, 0) is 43.7 Å². The highest BCUT2D eigenvalue weighted by Gasteiger charge is 2.12. The van der Waals surface area contributed by atoms with Gasteiger partial charge in [0.15, 0.2) is 0 Å². The molecule has 0 aliphatic rings. The highest BCUT2D eigenvalue weighted by molar-refractivity contribution is 7.11. The number of alkyl halides is 2. The quantitative estimate of drug-likeness (QED) is 0.238. The molecule has 0 radical (unpaired) electrons. The molecule has 0 saturated heterocycles. The molecule has 8 heteroatoms. The van der Waals surface area contributed by atoms with E-state index in [4.69, 9.17) is 27.9 Å². The summed E-state index contributed by atoms with van der Waals surface area (Å²) in [6.07, 6.45) is 1.84. The van der Waals surface area contributed by atoms with E-state index < -0.39 is 0 Å². The number of ether oxygens (including phenoxy) is 1. The largest absolute Gasteiger partial charge is 0.495 e. The second kappa shape index (κ2) is 12.3. The predicted octanol–water partition coefficient (Wildman–Crippen LogP) is 6.89. The fraction of sp³-hybridized carbons (Fsp3) is 0.304. The minimum absolute atomic E-state index is 0. The first-order valence-electron chi connectivity index (χ1n) is 9.69. The molecule has 4 nitrogen and oxygen atoms in total. The Morgan fingerprint density at radius 3 is 2.29 bits per heavy atom. The van der Waals surface area contributed by atoms with Crippen LogP contribution in [0.5, 0.6) is 5.75 Å². The zero-order valence-corrected chi connectivity index (χ0v) is 20.9. The Hall–Kier alpha value is -1.79.